The second-order valence-corrected chi connectivity index (χ2v) is 10.8. The van der Waals surface area contributed by atoms with Crippen molar-refractivity contribution in [2.24, 2.45) is 5.92 Å². The molecule has 1 aliphatic heterocycles. The van der Waals surface area contributed by atoms with E-state index < -0.39 is 17.1 Å². The fourth-order valence-electron chi connectivity index (χ4n) is 5.70. The first-order valence-corrected chi connectivity index (χ1v) is 12.7. The Kier molecular flexibility index (Phi) is 6.32. The van der Waals surface area contributed by atoms with Crippen LogP contribution in [0.15, 0.2) is 90.5 Å². The smallest absolute Gasteiger partial charge is 0.421 e. The molecule has 0 spiro atoms. The van der Waals surface area contributed by atoms with Crippen molar-refractivity contribution in [2.45, 2.75) is 51.0 Å². The predicted octanol–water partition coefficient (Wildman–Crippen LogP) is 6.51. The third kappa shape index (κ3) is 4.50. The number of anilines is 1. The van der Waals surface area contributed by atoms with E-state index in [0.717, 1.165) is 16.7 Å². The molecule has 0 bridgehead atoms. The maximum absolute atomic E-state index is 14.6. The van der Waals surface area contributed by atoms with E-state index in [0.29, 0.717) is 30.5 Å². The van der Waals surface area contributed by atoms with Gasteiger partial charge in [0.15, 0.2) is 5.78 Å². The van der Waals surface area contributed by atoms with Gasteiger partial charge in [-0.1, -0.05) is 78.9 Å². The second-order valence-electron chi connectivity index (χ2n) is 10.8. The van der Waals surface area contributed by atoms with Crippen LogP contribution in [0.25, 0.3) is 6.08 Å². The number of nitrogens with zero attached hydrogens (tertiary/aromatic N) is 1. The van der Waals surface area contributed by atoms with Crippen molar-refractivity contribution in [3.05, 3.63) is 107 Å². The van der Waals surface area contributed by atoms with Crippen molar-refractivity contribution < 1.29 is 19.1 Å². The molecule has 37 heavy (non-hydrogen) atoms. The quantitative estimate of drug-likeness (QED) is 0.389. The minimum atomic E-state index is -1.12. The lowest BCUT2D eigenvalue weighted by atomic mass is 9.65. The topological polar surface area (TPSA) is 63.7 Å². The summed E-state index contributed by atoms with van der Waals surface area (Å²) in [6.07, 6.45) is 2.48. The molecule has 0 saturated heterocycles. The number of fused-ring (bicyclic) bond motifs is 1. The molecule has 0 N–H and O–H groups in total. The normalized spacial score (nSPS) is 22.4. The molecule has 5 rings (SSSR count). The minimum Gasteiger partial charge on any atom is -0.443 e. The first kappa shape index (κ1) is 24.7. The summed E-state index contributed by atoms with van der Waals surface area (Å²) in [5.41, 5.74) is 1.91. The second kappa shape index (κ2) is 9.47. The third-order valence-corrected chi connectivity index (χ3v) is 7.19. The molecule has 3 aromatic carbocycles. The largest absolute Gasteiger partial charge is 0.443 e. The molecule has 1 aliphatic carbocycles. The summed E-state index contributed by atoms with van der Waals surface area (Å²) in [5, 5.41) is 0. The number of imide groups is 1. The monoisotopic (exact) mass is 493 g/mol. The molecule has 0 aromatic heterocycles. The number of rotatable bonds is 4. The maximum Gasteiger partial charge on any atom is 0.421 e. The van der Waals surface area contributed by atoms with Gasteiger partial charge in [-0.2, -0.15) is 0 Å². The van der Waals surface area contributed by atoms with Crippen LogP contribution in [0.2, 0.25) is 0 Å². The summed E-state index contributed by atoms with van der Waals surface area (Å²) in [4.78, 5) is 42.5. The van der Waals surface area contributed by atoms with Crippen molar-refractivity contribution in [1.82, 2.24) is 0 Å². The van der Waals surface area contributed by atoms with Crippen molar-refractivity contribution in [2.75, 3.05) is 4.90 Å². The minimum absolute atomic E-state index is 0.0438. The Labute approximate surface area is 217 Å². The highest BCUT2D eigenvalue weighted by Gasteiger charge is 2.60. The highest BCUT2D eigenvalue weighted by molar-refractivity contribution is 6.22. The van der Waals surface area contributed by atoms with Crippen LogP contribution in [0.3, 0.4) is 0 Å². The maximum atomic E-state index is 14.6. The molecule has 2 amide bonds. The van der Waals surface area contributed by atoms with Gasteiger partial charge in [0.25, 0.3) is 0 Å². The van der Waals surface area contributed by atoms with E-state index in [9.17, 15) is 14.4 Å². The van der Waals surface area contributed by atoms with Gasteiger partial charge in [-0.25, -0.2) is 9.69 Å². The SMILES string of the molecule is CC(C)(C)OC(=O)N1C(=O)[C@](Cc2ccccc2)([C@H]2CCC(=O)/C2=C/c2ccccc2)c2ccccc21. The van der Waals surface area contributed by atoms with E-state index in [4.69, 9.17) is 4.74 Å². The van der Waals surface area contributed by atoms with Gasteiger partial charge in [0.2, 0.25) is 5.91 Å². The molecule has 5 nitrogen and oxygen atoms in total. The number of ketones is 1. The lowest BCUT2D eigenvalue weighted by Crippen LogP contribution is -2.50. The number of ether oxygens (including phenoxy) is 1. The summed E-state index contributed by atoms with van der Waals surface area (Å²) in [7, 11) is 0. The van der Waals surface area contributed by atoms with Gasteiger partial charge in [-0.15, -0.1) is 0 Å². The Morgan fingerprint density at radius 2 is 1.57 bits per heavy atom. The van der Waals surface area contributed by atoms with Crippen LogP contribution in [0, 0.1) is 5.92 Å². The van der Waals surface area contributed by atoms with Crippen molar-refractivity contribution in [3.63, 3.8) is 0 Å². The van der Waals surface area contributed by atoms with Crippen LogP contribution in [-0.2, 0) is 26.2 Å². The summed E-state index contributed by atoms with van der Waals surface area (Å²) in [5.74, 6) is -0.686. The van der Waals surface area contributed by atoms with E-state index in [1.54, 1.807) is 26.8 Å². The lowest BCUT2D eigenvalue weighted by Gasteiger charge is -2.35. The number of para-hydroxylation sites is 1. The molecule has 1 fully saturated rings. The van der Waals surface area contributed by atoms with Gasteiger partial charge in [0.05, 0.1) is 11.1 Å². The third-order valence-electron chi connectivity index (χ3n) is 7.19. The van der Waals surface area contributed by atoms with Crippen LogP contribution < -0.4 is 4.90 Å². The number of Topliss-reactive ketones (excluding diaryl/α,β-unsaturated/α-hetero) is 1. The zero-order chi connectivity index (χ0) is 26.2. The molecule has 3 aromatic rings. The van der Waals surface area contributed by atoms with E-state index in [2.05, 4.69) is 0 Å². The van der Waals surface area contributed by atoms with Crippen LogP contribution in [0.4, 0.5) is 10.5 Å². The predicted molar refractivity (Wildman–Crippen MR) is 144 cm³/mol. The van der Waals surface area contributed by atoms with Crippen LogP contribution >= 0.6 is 0 Å². The van der Waals surface area contributed by atoms with E-state index >= 15 is 0 Å². The molecule has 0 radical (unpaired) electrons. The van der Waals surface area contributed by atoms with Gasteiger partial charge >= 0.3 is 6.09 Å². The molecule has 5 heteroatoms. The zero-order valence-electron chi connectivity index (χ0n) is 21.4. The molecule has 1 heterocycles. The summed E-state index contributed by atoms with van der Waals surface area (Å²) >= 11 is 0. The Morgan fingerprint density at radius 3 is 2.24 bits per heavy atom. The Bertz CT molecular complexity index is 1370. The van der Waals surface area contributed by atoms with E-state index in [1.807, 2.05) is 84.9 Å². The molecule has 2 atom stereocenters. The molecule has 2 aliphatic rings. The Hall–Kier alpha value is -3.99. The Balaban J connectivity index is 1.71. The van der Waals surface area contributed by atoms with Gasteiger partial charge in [0, 0.05) is 17.9 Å². The average Bonchev–Trinajstić information content (AvgIpc) is 3.34. The van der Waals surface area contributed by atoms with E-state index in [1.165, 1.54) is 4.90 Å². The first-order valence-electron chi connectivity index (χ1n) is 12.7. The lowest BCUT2D eigenvalue weighted by molar-refractivity contribution is -0.124. The standard InChI is InChI=1S/C32H31NO4/c1-31(2,3)37-30(36)33-27-17-11-10-16-26(27)32(29(33)35,21-23-14-8-5-9-15-23)25-18-19-28(34)24(25)20-22-12-6-4-7-13-22/h4-17,20,25H,18-19,21H2,1-3H3/b24-20+/t25-,32+/m0/s1. The molecular formula is C32H31NO4. The molecule has 188 valence electrons. The van der Waals surface area contributed by atoms with Gasteiger partial charge < -0.3 is 4.74 Å². The fraction of sp³-hybridized carbons (Fsp3) is 0.281. The van der Waals surface area contributed by atoms with E-state index in [-0.39, 0.29) is 17.6 Å². The molecule has 0 unspecified atom stereocenters. The highest BCUT2D eigenvalue weighted by Crippen LogP contribution is 2.54. The summed E-state index contributed by atoms with van der Waals surface area (Å²) in [6.45, 7) is 5.35. The number of carbonyl (C=O) groups excluding carboxylic acids is 3. The Morgan fingerprint density at radius 1 is 0.946 bits per heavy atom. The summed E-state index contributed by atoms with van der Waals surface area (Å²) < 4.78 is 5.68. The van der Waals surface area contributed by atoms with Crippen LogP contribution in [0.5, 0.6) is 0 Å². The molecule has 1 saturated carbocycles. The number of hydrogen-bond donors (Lipinski definition) is 0. The van der Waals surface area contributed by atoms with Crippen molar-refractivity contribution in [1.29, 1.82) is 0 Å². The fourth-order valence-corrected chi connectivity index (χ4v) is 5.70. The summed E-state index contributed by atoms with van der Waals surface area (Å²) in [6, 6.07) is 26.9. The number of amides is 2. The number of benzene rings is 3. The van der Waals surface area contributed by atoms with Gasteiger partial charge in [-0.3, -0.25) is 9.59 Å². The molecular weight excluding hydrogens is 462 g/mol. The van der Waals surface area contributed by atoms with Crippen LogP contribution in [0.1, 0.15) is 50.3 Å². The zero-order valence-corrected chi connectivity index (χ0v) is 21.4. The first-order chi connectivity index (χ1) is 17.7. The van der Waals surface area contributed by atoms with Crippen molar-refractivity contribution >= 4 is 29.5 Å². The van der Waals surface area contributed by atoms with Crippen LogP contribution in [-0.4, -0.2) is 23.4 Å². The average molecular weight is 494 g/mol. The number of carbonyl (C=O) groups is 3. The number of hydrogen-bond acceptors (Lipinski definition) is 4. The van der Waals surface area contributed by atoms with Gasteiger partial charge in [-0.05, 0) is 62.4 Å². The van der Waals surface area contributed by atoms with Gasteiger partial charge in [0.1, 0.15) is 5.60 Å². The highest BCUT2D eigenvalue weighted by atomic mass is 16.6. The number of allylic oxidation sites excluding steroid dienone is 1. The van der Waals surface area contributed by atoms with Crippen molar-refractivity contribution in [3.8, 4) is 0 Å².